The van der Waals surface area contributed by atoms with Gasteiger partial charge >= 0.3 is 0 Å². The molecule has 172 valence electrons. The lowest BCUT2D eigenvalue weighted by Crippen LogP contribution is -2.31. The second-order valence-corrected chi connectivity index (χ2v) is 9.47. The van der Waals surface area contributed by atoms with Gasteiger partial charge in [-0.25, -0.2) is 4.39 Å². The maximum atomic E-state index is 13.7. The van der Waals surface area contributed by atoms with E-state index in [9.17, 15) is 14.0 Å². The first-order chi connectivity index (χ1) is 16.0. The van der Waals surface area contributed by atoms with Gasteiger partial charge in [0.1, 0.15) is 10.8 Å². The van der Waals surface area contributed by atoms with Crippen LogP contribution in [0.25, 0.3) is 10.9 Å². The molecule has 0 radical (unpaired) electrons. The Morgan fingerprint density at radius 1 is 1.15 bits per heavy atom. The lowest BCUT2D eigenvalue weighted by Gasteiger charge is -2.18. The van der Waals surface area contributed by atoms with E-state index in [1.807, 2.05) is 6.07 Å². The van der Waals surface area contributed by atoms with Gasteiger partial charge in [-0.05, 0) is 61.1 Å². The molecule has 3 aromatic rings. The van der Waals surface area contributed by atoms with Crippen molar-refractivity contribution in [2.24, 2.45) is 5.92 Å². The summed E-state index contributed by atoms with van der Waals surface area (Å²) in [4.78, 5) is 26.3. The summed E-state index contributed by atoms with van der Waals surface area (Å²) in [5.41, 5.74) is 2.07. The summed E-state index contributed by atoms with van der Waals surface area (Å²) < 4.78 is 15.4. The van der Waals surface area contributed by atoms with Gasteiger partial charge in [0, 0.05) is 32.2 Å². The molecule has 0 unspecified atom stereocenters. The van der Waals surface area contributed by atoms with Crippen molar-refractivity contribution in [1.29, 1.82) is 0 Å². The van der Waals surface area contributed by atoms with Crippen LogP contribution in [0.2, 0.25) is 0 Å². The van der Waals surface area contributed by atoms with Crippen molar-refractivity contribution in [3.8, 4) is 0 Å². The zero-order chi connectivity index (χ0) is 22.8. The Kier molecular flexibility index (Phi) is 6.39. The molecule has 1 aromatic carbocycles. The average Bonchev–Trinajstić information content (AvgIpc) is 3.26. The van der Waals surface area contributed by atoms with E-state index in [0.717, 1.165) is 54.4 Å². The van der Waals surface area contributed by atoms with Crippen LogP contribution in [0.1, 0.15) is 12.1 Å². The van der Waals surface area contributed by atoms with Gasteiger partial charge in [-0.2, -0.15) is 5.10 Å². The second-order valence-electron chi connectivity index (χ2n) is 8.50. The van der Waals surface area contributed by atoms with Gasteiger partial charge < -0.3 is 20.1 Å². The maximum Gasteiger partial charge on any atom is 0.251 e. The summed E-state index contributed by atoms with van der Waals surface area (Å²) >= 11 is 1.40. The minimum Gasteiger partial charge on any atom is -0.323 e. The van der Waals surface area contributed by atoms with Gasteiger partial charge in [0.25, 0.3) is 5.56 Å². The molecule has 33 heavy (non-hydrogen) atoms. The van der Waals surface area contributed by atoms with Crippen molar-refractivity contribution in [3.05, 3.63) is 58.3 Å². The molecule has 0 spiro atoms. The zero-order valence-corrected chi connectivity index (χ0v) is 18.9. The third-order valence-electron chi connectivity index (χ3n) is 6.13. The molecule has 10 heteroatoms. The van der Waals surface area contributed by atoms with Gasteiger partial charge in [-0.3, -0.25) is 9.59 Å². The summed E-state index contributed by atoms with van der Waals surface area (Å²) in [6.07, 6.45) is 1.08. The molecule has 1 fully saturated rings. The third-order valence-corrected chi connectivity index (χ3v) is 7.11. The predicted octanol–water partition coefficient (Wildman–Crippen LogP) is 2.09. The minimum atomic E-state index is -0.334. The van der Waals surface area contributed by atoms with E-state index < -0.39 is 0 Å². The number of amides is 1. The van der Waals surface area contributed by atoms with Gasteiger partial charge in [0.15, 0.2) is 0 Å². The number of anilines is 1. The molecule has 2 aromatic heterocycles. The number of hydrogen-bond acceptors (Lipinski definition) is 7. The van der Waals surface area contributed by atoms with Crippen LogP contribution in [0.5, 0.6) is 0 Å². The molecule has 8 nitrogen and oxygen atoms in total. The Hall–Kier alpha value is -2.82. The highest BCUT2D eigenvalue weighted by molar-refractivity contribution is 8.00. The molecule has 0 aliphatic carbocycles. The monoisotopic (exact) mass is 468 g/mol. The van der Waals surface area contributed by atoms with Crippen molar-refractivity contribution < 1.29 is 9.18 Å². The second kappa shape index (κ2) is 9.58. The number of thioether (sulfide) groups is 1. The van der Waals surface area contributed by atoms with E-state index in [4.69, 9.17) is 0 Å². The molecule has 1 atom stereocenters. The molecule has 2 N–H and O–H groups in total. The molecule has 5 rings (SSSR count). The molecular weight excluding hydrogens is 443 g/mol. The molecule has 4 heterocycles. The summed E-state index contributed by atoms with van der Waals surface area (Å²) in [7, 11) is 0. The average molecular weight is 469 g/mol. The number of fused-ring (bicyclic) bond motifs is 2. The van der Waals surface area contributed by atoms with Crippen molar-refractivity contribution in [2.45, 2.75) is 24.5 Å². The minimum absolute atomic E-state index is 0.0126. The highest BCUT2D eigenvalue weighted by Crippen LogP contribution is 2.28. The highest BCUT2D eigenvalue weighted by Gasteiger charge is 2.22. The lowest BCUT2D eigenvalue weighted by molar-refractivity contribution is -0.113. The Balaban J connectivity index is 1.12. The largest absolute Gasteiger partial charge is 0.323 e. The molecular formula is C23H25FN6O2S. The van der Waals surface area contributed by atoms with E-state index >= 15 is 0 Å². The number of carbonyl (C=O) groups excluding carboxylic acids is 1. The van der Waals surface area contributed by atoms with Crippen LogP contribution >= 0.6 is 11.8 Å². The molecule has 0 saturated carbocycles. The number of aromatic nitrogens is 3. The van der Waals surface area contributed by atoms with Crippen molar-refractivity contribution in [3.63, 3.8) is 0 Å². The van der Waals surface area contributed by atoms with Gasteiger partial charge in [-0.1, -0.05) is 11.8 Å². The van der Waals surface area contributed by atoms with Crippen molar-refractivity contribution >= 4 is 34.3 Å². The standard InChI is InChI=1S/C23H25FN6O2S/c24-17-3-1-16-2-4-22(32)30(20(16)9-17)8-7-29-6-5-15(13-29)11-25-12-18-10-19-23(28-27-18)33-14-21(31)26-19/h1-4,9-10,15,25H,5-8,11-14H2,(H,26,31)/t15-/m0/s1. The van der Waals surface area contributed by atoms with E-state index in [-0.39, 0.29) is 17.3 Å². The fraction of sp³-hybridized carbons (Fsp3) is 0.391. The van der Waals surface area contributed by atoms with Crippen LogP contribution in [-0.4, -0.2) is 57.5 Å². The molecule has 2 aliphatic rings. The number of pyridine rings is 1. The summed E-state index contributed by atoms with van der Waals surface area (Å²) in [5, 5.41) is 16.4. The number of carbonyl (C=O) groups is 1. The fourth-order valence-corrected chi connectivity index (χ4v) is 5.15. The Morgan fingerprint density at radius 2 is 2.03 bits per heavy atom. The topological polar surface area (TPSA) is 92.2 Å². The van der Waals surface area contributed by atoms with E-state index in [2.05, 4.69) is 25.7 Å². The van der Waals surface area contributed by atoms with Crippen molar-refractivity contribution in [1.82, 2.24) is 25.0 Å². The molecule has 0 bridgehead atoms. The molecule has 2 aliphatic heterocycles. The smallest absolute Gasteiger partial charge is 0.251 e. The predicted molar refractivity (Wildman–Crippen MR) is 126 cm³/mol. The number of likely N-dealkylation sites (tertiary alicyclic amines) is 1. The summed E-state index contributed by atoms with van der Waals surface area (Å²) in [5.74, 6) is 0.538. The Morgan fingerprint density at radius 3 is 2.94 bits per heavy atom. The van der Waals surface area contributed by atoms with Crippen LogP contribution in [0.15, 0.2) is 46.2 Å². The maximum absolute atomic E-state index is 13.7. The Labute approximate surface area is 194 Å². The van der Waals surface area contributed by atoms with Gasteiger partial charge in [0.05, 0.1) is 22.7 Å². The van der Waals surface area contributed by atoms with Crippen LogP contribution in [0, 0.1) is 11.7 Å². The number of benzene rings is 1. The van der Waals surface area contributed by atoms with Crippen LogP contribution in [0.4, 0.5) is 10.1 Å². The van der Waals surface area contributed by atoms with Crippen LogP contribution < -0.4 is 16.2 Å². The fourth-order valence-electron chi connectivity index (χ4n) is 4.44. The van der Waals surface area contributed by atoms with Crippen LogP contribution in [0.3, 0.4) is 0 Å². The number of nitrogens with one attached hydrogen (secondary N) is 2. The van der Waals surface area contributed by atoms with Gasteiger partial charge in [0.2, 0.25) is 5.91 Å². The quantitative estimate of drug-likeness (QED) is 0.549. The zero-order valence-electron chi connectivity index (χ0n) is 18.1. The van der Waals surface area contributed by atoms with E-state index in [1.165, 1.54) is 23.9 Å². The lowest BCUT2D eigenvalue weighted by atomic mass is 10.1. The Bertz CT molecular complexity index is 1250. The first kappa shape index (κ1) is 22.0. The first-order valence-corrected chi connectivity index (χ1v) is 12.0. The number of hydrogen-bond donors (Lipinski definition) is 2. The van der Waals surface area contributed by atoms with E-state index in [1.54, 1.807) is 22.8 Å². The van der Waals surface area contributed by atoms with Gasteiger partial charge in [-0.15, -0.1) is 5.10 Å². The SMILES string of the molecule is O=C1CSc2nnc(CNC[C@@H]3CCN(CCn4c(=O)ccc5ccc(F)cc54)C3)cc2N1. The normalized spacial score (nSPS) is 18.5. The first-order valence-electron chi connectivity index (χ1n) is 11.1. The van der Waals surface area contributed by atoms with Crippen molar-refractivity contribution in [2.75, 3.05) is 37.2 Å². The molecule has 1 amide bonds. The third kappa shape index (κ3) is 5.07. The number of nitrogens with zero attached hydrogens (tertiary/aromatic N) is 4. The molecule has 1 saturated heterocycles. The van der Waals surface area contributed by atoms with Crippen LogP contribution in [-0.2, 0) is 17.9 Å². The van der Waals surface area contributed by atoms with E-state index in [0.29, 0.717) is 30.3 Å². The number of halogens is 1. The highest BCUT2D eigenvalue weighted by atomic mass is 32.2. The number of rotatable bonds is 7. The summed E-state index contributed by atoms with van der Waals surface area (Å²) in [6.45, 7) is 4.66. The summed E-state index contributed by atoms with van der Waals surface area (Å²) in [6, 6.07) is 9.72.